The van der Waals surface area contributed by atoms with Gasteiger partial charge in [-0.1, -0.05) is 0 Å². The van der Waals surface area contributed by atoms with E-state index >= 15 is 0 Å². The predicted octanol–water partition coefficient (Wildman–Crippen LogP) is 0.929. The van der Waals surface area contributed by atoms with E-state index in [0.717, 1.165) is 5.92 Å². The van der Waals surface area contributed by atoms with Crippen molar-refractivity contribution in [2.75, 3.05) is 0 Å². The SMILES string of the molecule is [CH3][GeH]=[CH]C(C)C. The first-order valence-corrected chi connectivity index (χ1v) is 6.22. The Morgan fingerprint density at radius 1 is 1.50 bits per heavy atom. The van der Waals surface area contributed by atoms with Crippen molar-refractivity contribution in [1.29, 1.82) is 0 Å². The van der Waals surface area contributed by atoms with Gasteiger partial charge in [0.25, 0.3) is 0 Å². The van der Waals surface area contributed by atoms with E-state index < -0.39 is 0 Å². The molecule has 0 saturated heterocycles. The van der Waals surface area contributed by atoms with Crippen LogP contribution in [-0.2, 0) is 0 Å². The van der Waals surface area contributed by atoms with Gasteiger partial charge in [0.05, 0.1) is 0 Å². The molecule has 0 rings (SSSR count). The van der Waals surface area contributed by atoms with Crippen LogP contribution in [0.1, 0.15) is 13.8 Å². The summed E-state index contributed by atoms with van der Waals surface area (Å²) in [6.45, 7) is 4.47. The van der Waals surface area contributed by atoms with E-state index in [1.165, 1.54) is 0 Å². The summed E-state index contributed by atoms with van der Waals surface area (Å²) >= 11 is 0.121. The molecule has 6 heavy (non-hydrogen) atoms. The first kappa shape index (κ1) is 6.41. The summed E-state index contributed by atoms with van der Waals surface area (Å²) in [7, 11) is 0. The zero-order valence-electron chi connectivity index (χ0n) is 4.73. The van der Waals surface area contributed by atoms with Crippen molar-refractivity contribution in [3.63, 3.8) is 0 Å². The average molecular weight is 145 g/mol. The van der Waals surface area contributed by atoms with Crippen molar-refractivity contribution in [3.8, 4) is 0 Å². The molecule has 0 spiro atoms. The molecule has 36 valence electrons. The van der Waals surface area contributed by atoms with Crippen LogP contribution < -0.4 is 0 Å². The van der Waals surface area contributed by atoms with Gasteiger partial charge >= 0.3 is 45.4 Å². The molecule has 0 heterocycles. The Morgan fingerprint density at radius 3 is 2.00 bits per heavy atom. The molecule has 0 aliphatic carbocycles. The standard InChI is InChI=1S/C5H12Ge/c1-5(2)4-6-3/h4-6H,1-3H3. The van der Waals surface area contributed by atoms with Crippen LogP contribution in [-0.4, -0.2) is 19.8 Å². The van der Waals surface area contributed by atoms with Crippen molar-refractivity contribution in [2.24, 2.45) is 5.92 Å². The minimum atomic E-state index is 0.121. The Labute approximate surface area is 46.0 Å². The van der Waals surface area contributed by atoms with Crippen LogP contribution in [0.4, 0.5) is 0 Å². The van der Waals surface area contributed by atoms with E-state index in [0.29, 0.717) is 0 Å². The molecule has 0 amide bonds. The summed E-state index contributed by atoms with van der Waals surface area (Å²) in [5.74, 6) is 3.17. The molecular weight excluding hydrogens is 133 g/mol. The van der Waals surface area contributed by atoms with E-state index in [1.54, 1.807) is 0 Å². The molecule has 0 aromatic rings. The van der Waals surface area contributed by atoms with Gasteiger partial charge in [0.1, 0.15) is 0 Å². The molecule has 0 aliphatic rings. The second-order valence-electron chi connectivity index (χ2n) is 1.77. The Balaban J connectivity index is 3.03. The topological polar surface area (TPSA) is 0 Å². The molecule has 0 aromatic carbocycles. The number of rotatable bonds is 1. The van der Waals surface area contributed by atoms with E-state index in [2.05, 4.69) is 24.5 Å². The second kappa shape index (κ2) is 3.60. The third-order valence-corrected chi connectivity index (χ3v) is 3.00. The van der Waals surface area contributed by atoms with E-state index in [4.69, 9.17) is 0 Å². The normalized spacial score (nSPS) is 11.3. The Hall–Kier alpha value is 0.413. The number of hydrogen-bond donors (Lipinski definition) is 0. The molecule has 0 atom stereocenters. The zero-order valence-corrected chi connectivity index (χ0v) is 7.15. The van der Waals surface area contributed by atoms with Gasteiger partial charge in [-0.05, 0) is 0 Å². The zero-order chi connectivity index (χ0) is 4.99. The Kier molecular flexibility index (Phi) is 3.85. The first-order chi connectivity index (χ1) is 2.77. The van der Waals surface area contributed by atoms with Gasteiger partial charge in [0.15, 0.2) is 0 Å². The van der Waals surface area contributed by atoms with Crippen molar-refractivity contribution in [1.82, 2.24) is 0 Å². The van der Waals surface area contributed by atoms with Gasteiger partial charge in [-0.15, -0.1) is 0 Å². The fourth-order valence-electron chi connectivity index (χ4n) is 0.385. The van der Waals surface area contributed by atoms with Crippen molar-refractivity contribution >= 4 is 19.8 Å². The molecule has 1 heteroatoms. The molecule has 0 aromatic heterocycles. The van der Waals surface area contributed by atoms with Gasteiger partial charge in [0.2, 0.25) is 0 Å². The van der Waals surface area contributed by atoms with E-state index in [1.807, 2.05) is 0 Å². The van der Waals surface area contributed by atoms with Crippen LogP contribution in [0.5, 0.6) is 0 Å². The maximum atomic E-state index is 2.45. The van der Waals surface area contributed by atoms with Crippen LogP contribution in [0.3, 0.4) is 0 Å². The van der Waals surface area contributed by atoms with Crippen LogP contribution in [0, 0.1) is 5.92 Å². The molecule has 0 radical (unpaired) electrons. The van der Waals surface area contributed by atoms with Crippen LogP contribution in [0.2, 0.25) is 5.76 Å². The van der Waals surface area contributed by atoms with E-state index in [-0.39, 0.29) is 15.0 Å². The molecule has 0 N–H and O–H groups in total. The predicted molar refractivity (Wildman–Crippen MR) is 33.9 cm³/mol. The fraction of sp³-hybridized carbons (Fsp3) is 0.800. The van der Waals surface area contributed by atoms with Crippen LogP contribution >= 0.6 is 0 Å². The van der Waals surface area contributed by atoms with Gasteiger partial charge in [-0.3, -0.25) is 0 Å². The second-order valence-corrected chi connectivity index (χ2v) is 3.98. The summed E-state index contributed by atoms with van der Waals surface area (Å²) in [4.78, 5) is 2.45. The van der Waals surface area contributed by atoms with Gasteiger partial charge in [-0.2, -0.15) is 0 Å². The summed E-state index contributed by atoms with van der Waals surface area (Å²) in [5, 5.41) is 0. The fourth-order valence-corrected chi connectivity index (χ4v) is 2.00. The van der Waals surface area contributed by atoms with E-state index in [9.17, 15) is 0 Å². The minimum absolute atomic E-state index is 0.121. The van der Waals surface area contributed by atoms with Crippen molar-refractivity contribution in [2.45, 2.75) is 19.6 Å². The van der Waals surface area contributed by atoms with Gasteiger partial charge in [-0.25, -0.2) is 0 Å². The monoisotopic (exact) mass is 146 g/mol. The quantitative estimate of drug-likeness (QED) is 0.481. The maximum absolute atomic E-state index is 2.45. The summed E-state index contributed by atoms with van der Waals surface area (Å²) in [6.07, 6.45) is 0. The average Bonchev–Trinajstić information content (AvgIpc) is 1.35. The van der Waals surface area contributed by atoms with Gasteiger partial charge in [0, 0.05) is 0 Å². The summed E-state index contributed by atoms with van der Waals surface area (Å²) < 4.78 is 0. The third kappa shape index (κ3) is 4.41. The molecule has 0 bridgehead atoms. The Morgan fingerprint density at radius 2 is 2.00 bits per heavy atom. The van der Waals surface area contributed by atoms with Crippen LogP contribution in [0.15, 0.2) is 0 Å². The van der Waals surface area contributed by atoms with Crippen molar-refractivity contribution < 1.29 is 0 Å². The molecule has 0 aliphatic heterocycles. The number of hydrogen-bond acceptors (Lipinski definition) is 0. The Bertz CT molecular complexity index is 45.9. The van der Waals surface area contributed by atoms with Gasteiger partial charge < -0.3 is 0 Å². The van der Waals surface area contributed by atoms with Crippen LogP contribution in [0.25, 0.3) is 0 Å². The summed E-state index contributed by atoms with van der Waals surface area (Å²) in [6, 6.07) is 0. The molecular formula is C5H12Ge. The van der Waals surface area contributed by atoms with Crippen molar-refractivity contribution in [3.05, 3.63) is 0 Å². The summed E-state index contributed by atoms with van der Waals surface area (Å²) in [5.41, 5.74) is 0. The molecule has 0 saturated carbocycles. The molecule has 0 unspecified atom stereocenters. The molecule has 0 fully saturated rings. The third-order valence-electron chi connectivity index (χ3n) is 0.577. The molecule has 0 nitrogen and oxygen atoms in total. The first-order valence-electron chi connectivity index (χ1n) is 2.40.